The Labute approximate surface area is 115 Å². The van der Waals surface area contributed by atoms with Gasteiger partial charge in [0.25, 0.3) is 5.88 Å². The van der Waals surface area contributed by atoms with Crippen molar-refractivity contribution in [1.82, 2.24) is 9.78 Å². The first-order chi connectivity index (χ1) is 8.74. The van der Waals surface area contributed by atoms with E-state index in [1.165, 1.54) is 0 Å². The molecule has 19 heavy (non-hydrogen) atoms. The molecule has 0 bridgehead atoms. The zero-order chi connectivity index (χ0) is 14.3. The molecule has 2 rings (SSSR count). The third kappa shape index (κ3) is 2.81. The van der Waals surface area contributed by atoms with E-state index in [4.69, 9.17) is 9.47 Å². The number of rotatable bonds is 5. The molecule has 0 aliphatic carbocycles. The number of carbonyl (C=O) groups is 1. The average Bonchev–Trinajstić information content (AvgIpc) is 2.68. The van der Waals surface area contributed by atoms with Gasteiger partial charge in [-0.15, -0.1) is 5.10 Å². The molecule has 0 aromatic carbocycles. The lowest BCUT2D eigenvalue weighted by molar-refractivity contribution is -0.208. The summed E-state index contributed by atoms with van der Waals surface area (Å²) in [5.74, 6) is 0.434. The quantitative estimate of drug-likeness (QED) is 0.469. The number of amides is 1. The Hall–Kier alpha value is -1.37. The van der Waals surface area contributed by atoms with Gasteiger partial charge in [0.2, 0.25) is 6.41 Å². The van der Waals surface area contributed by atoms with Crippen LogP contribution in [0.4, 0.5) is 5.69 Å². The van der Waals surface area contributed by atoms with Gasteiger partial charge in [0.15, 0.2) is 6.10 Å². The molecule has 1 N–H and O–H groups in total. The molecule has 1 fully saturated rings. The van der Waals surface area contributed by atoms with Crippen molar-refractivity contribution in [3.05, 3.63) is 6.20 Å². The summed E-state index contributed by atoms with van der Waals surface area (Å²) in [7, 11) is 6.10. The number of carbonyl (C=O) groups excluding carboxylic acids is 1. The molecule has 1 atom stereocenters. The minimum absolute atomic E-state index is 0.0528. The van der Waals surface area contributed by atoms with Crippen LogP contribution in [0.15, 0.2) is 6.20 Å². The highest BCUT2D eigenvalue weighted by atomic mass is 16.6. The van der Waals surface area contributed by atoms with Crippen molar-refractivity contribution in [3.63, 3.8) is 0 Å². The van der Waals surface area contributed by atoms with Crippen LogP contribution in [0.25, 0.3) is 0 Å². The molecule has 1 unspecified atom stereocenters. The summed E-state index contributed by atoms with van der Waals surface area (Å²) < 4.78 is 13.1. The fourth-order valence-electron chi connectivity index (χ4n) is 1.75. The summed E-state index contributed by atoms with van der Waals surface area (Å²) in [4.78, 5) is 10.7. The van der Waals surface area contributed by atoms with Crippen LogP contribution in [-0.2, 0) is 14.8 Å². The molecule has 0 saturated carbocycles. The SMILES string of the molecule is BC(B)(B)n1cc(NC=O)c(OC2COC2(C)C)n1. The molecule has 1 aliphatic rings. The van der Waals surface area contributed by atoms with E-state index in [1.54, 1.807) is 10.9 Å². The second kappa shape index (κ2) is 4.63. The number of anilines is 1. The highest BCUT2D eigenvalue weighted by molar-refractivity contribution is 6.56. The van der Waals surface area contributed by atoms with Crippen molar-refractivity contribution in [2.75, 3.05) is 11.9 Å². The molecule has 1 amide bonds. The number of aromatic nitrogens is 2. The first kappa shape index (κ1) is 14.1. The summed E-state index contributed by atoms with van der Waals surface area (Å²) in [6.07, 6.45) is 2.35. The van der Waals surface area contributed by atoms with E-state index in [0.29, 0.717) is 24.6 Å². The Morgan fingerprint density at radius 1 is 1.63 bits per heavy atom. The number of hydrogen-bond acceptors (Lipinski definition) is 4. The second-order valence-corrected chi connectivity index (χ2v) is 6.25. The average molecular weight is 261 g/mol. The number of hydrogen-bond donors (Lipinski definition) is 1. The Bertz CT molecular complexity index is 484. The maximum atomic E-state index is 10.7. The lowest BCUT2D eigenvalue weighted by Crippen LogP contribution is -2.56. The van der Waals surface area contributed by atoms with Crippen molar-refractivity contribution in [2.45, 2.75) is 30.8 Å². The van der Waals surface area contributed by atoms with Crippen LogP contribution in [0.3, 0.4) is 0 Å². The monoisotopic (exact) mass is 261 g/mol. The van der Waals surface area contributed by atoms with Gasteiger partial charge in [-0.1, -0.05) is 0 Å². The van der Waals surface area contributed by atoms with Gasteiger partial charge in [0.05, 0.1) is 12.8 Å². The van der Waals surface area contributed by atoms with E-state index >= 15 is 0 Å². The van der Waals surface area contributed by atoms with E-state index in [-0.39, 0.29) is 16.9 Å². The normalized spacial score (nSPS) is 21.5. The third-order valence-corrected chi connectivity index (χ3v) is 3.22. The van der Waals surface area contributed by atoms with Crippen molar-refractivity contribution >= 4 is 35.6 Å². The topological polar surface area (TPSA) is 65.4 Å². The molecule has 2 heterocycles. The van der Waals surface area contributed by atoms with Gasteiger partial charge in [0, 0.05) is 0 Å². The number of nitrogens with zero attached hydrogens (tertiary/aromatic N) is 2. The van der Waals surface area contributed by atoms with Crippen LogP contribution in [0.2, 0.25) is 0 Å². The van der Waals surface area contributed by atoms with E-state index in [9.17, 15) is 4.79 Å². The molecule has 100 valence electrons. The maximum absolute atomic E-state index is 10.7. The summed E-state index contributed by atoms with van der Waals surface area (Å²) in [5.41, 5.74) is 0.261. The minimum atomic E-state index is -0.316. The maximum Gasteiger partial charge on any atom is 0.257 e. The fourth-order valence-corrected chi connectivity index (χ4v) is 1.75. The smallest absolute Gasteiger partial charge is 0.257 e. The van der Waals surface area contributed by atoms with E-state index in [0.717, 1.165) is 0 Å². The van der Waals surface area contributed by atoms with Gasteiger partial charge in [-0.05, 0) is 19.1 Å². The van der Waals surface area contributed by atoms with E-state index < -0.39 is 0 Å². The molecule has 1 aromatic heterocycles. The van der Waals surface area contributed by atoms with Gasteiger partial charge in [-0.3, -0.25) is 9.48 Å². The van der Waals surface area contributed by atoms with Crippen LogP contribution >= 0.6 is 0 Å². The van der Waals surface area contributed by atoms with E-state index in [2.05, 4.69) is 10.4 Å². The lowest BCUT2D eigenvalue weighted by atomic mass is 9.49. The Morgan fingerprint density at radius 3 is 2.74 bits per heavy atom. The van der Waals surface area contributed by atoms with Crippen LogP contribution in [0.1, 0.15) is 13.8 Å². The Kier molecular flexibility index (Phi) is 3.42. The first-order valence-electron chi connectivity index (χ1n) is 6.35. The van der Waals surface area contributed by atoms with Crippen LogP contribution in [0.5, 0.6) is 5.88 Å². The van der Waals surface area contributed by atoms with Crippen LogP contribution in [0, 0.1) is 0 Å². The molecular formula is C10H18B3N3O3. The third-order valence-electron chi connectivity index (χ3n) is 3.22. The van der Waals surface area contributed by atoms with Gasteiger partial charge in [0.1, 0.15) is 34.8 Å². The summed E-state index contributed by atoms with van der Waals surface area (Å²) in [6.45, 7) is 4.47. The van der Waals surface area contributed by atoms with Crippen LogP contribution < -0.4 is 10.1 Å². The molecular weight excluding hydrogens is 243 g/mol. The molecule has 0 spiro atoms. The molecule has 9 heteroatoms. The summed E-state index contributed by atoms with van der Waals surface area (Å²) in [6, 6.07) is 0. The molecule has 6 nitrogen and oxygen atoms in total. The van der Waals surface area contributed by atoms with Gasteiger partial charge in [-0.25, -0.2) is 0 Å². The van der Waals surface area contributed by atoms with Crippen molar-refractivity contribution in [2.24, 2.45) is 0 Å². The zero-order valence-corrected chi connectivity index (χ0v) is 12.1. The van der Waals surface area contributed by atoms with Gasteiger partial charge < -0.3 is 14.8 Å². The highest BCUT2D eigenvalue weighted by Gasteiger charge is 2.43. The van der Waals surface area contributed by atoms with Crippen molar-refractivity contribution in [3.8, 4) is 5.88 Å². The lowest BCUT2D eigenvalue weighted by Gasteiger charge is -2.43. The fraction of sp³-hybridized carbons (Fsp3) is 0.600. The van der Waals surface area contributed by atoms with Crippen molar-refractivity contribution < 1.29 is 14.3 Å². The summed E-state index contributed by atoms with van der Waals surface area (Å²) >= 11 is 0. The van der Waals surface area contributed by atoms with Crippen LogP contribution in [-0.4, -0.2) is 58.0 Å². The Morgan fingerprint density at radius 2 is 2.32 bits per heavy atom. The van der Waals surface area contributed by atoms with Gasteiger partial charge >= 0.3 is 0 Å². The first-order valence-corrected chi connectivity index (χ1v) is 6.35. The van der Waals surface area contributed by atoms with Gasteiger partial charge in [-0.2, -0.15) is 0 Å². The molecule has 0 radical (unpaired) electrons. The largest absolute Gasteiger partial charge is 0.466 e. The second-order valence-electron chi connectivity index (χ2n) is 6.25. The number of ether oxygens (including phenoxy) is 2. The minimum Gasteiger partial charge on any atom is -0.466 e. The molecule has 1 aliphatic heterocycles. The van der Waals surface area contributed by atoms with E-state index in [1.807, 2.05) is 37.4 Å². The predicted molar refractivity (Wildman–Crippen MR) is 80.0 cm³/mol. The molecule has 1 saturated heterocycles. The highest BCUT2D eigenvalue weighted by Crippen LogP contribution is 2.32. The summed E-state index contributed by atoms with van der Waals surface area (Å²) in [5, 5.41) is 6.85. The molecule has 1 aromatic rings. The zero-order valence-electron chi connectivity index (χ0n) is 12.1. The van der Waals surface area contributed by atoms with Crippen molar-refractivity contribution in [1.29, 1.82) is 0 Å². The number of nitrogens with one attached hydrogen (secondary N) is 1. The Balaban J connectivity index is 2.23. The predicted octanol–water partition coefficient (Wildman–Crippen LogP) is -2.53. The standard InChI is InChI=1S/C10H18B3N3O3/c1-9(2)7(4-18-9)19-8-6(14-5-17)3-16(15-8)10(11,12)13/h3,5,7H,4,11-13H2,1-2H3,(H,14,17).